The first-order chi connectivity index (χ1) is 8.78. The standard InChI is InChI=1S/C16H24IN/c1-2-4-13-5-3-6-15(10-7-13)18-16-11-8-14(17)9-12-16/h8-9,11-13,15,18H,2-7,10H2,1H3. The van der Waals surface area contributed by atoms with Crippen LogP contribution in [0.25, 0.3) is 0 Å². The molecule has 1 aromatic carbocycles. The second-order valence-corrected chi connectivity index (χ2v) is 6.76. The molecule has 2 heteroatoms. The predicted molar refractivity (Wildman–Crippen MR) is 88.1 cm³/mol. The molecule has 1 nitrogen and oxygen atoms in total. The van der Waals surface area contributed by atoms with Crippen LogP contribution < -0.4 is 5.32 Å². The van der Waals surface area contributed by atoms with Crippen molar-refractivity contribution in [2.45, 2.75) is 57.9 Å². The van der Waals surface area contributed by atoms with Crippen molar-refractivity contribution in [1.29, 1.82) is 0 Å². The second-order valence-electron chi connectivity index (χ2n) is 5.51. The zero-order valence-corrected chi connectivity index (χ0v) is 13.4. The monoisotopic (exact) mass is 357 g/mol. The van der Waals surface area contributed by atoms with Gasteiger partial charge in [0, 0.05) is 15.3 Å². The summed E-state index contributed by atoms with van der Waals surface area (Å²) in [6.45, 7) is 2.31. The van der Waals surface area contributed by atoms with E-state index in [0.29, 0.717) is 6.04 Å². The molecule has 0 amide bonds. The van der Waals surface area contributed by atoms with Gasteiger partial charge in [-0.1, -0.05) is 32.6 Å². The Hall–Kier alpha value is -0.250. The number of rotatable bonds is 4. The molecule has 1 N–H and O–H groups in total. The van der Waals surface area contributed by atoms with Gasteiger partial charge in [0.2, 0.25) is 0 Å². The Balaban J connectivity index is 1.84. The molecule has 2 unspecified atom stereocenters. The summed E-state index contributed by atoms with van der Waals surface area (Å²) < 4.78 is 1.31. The summed E-state index contributed by atoms with van der Waals surface area (Å²) in [6, 6.07) is 9.46. The van der Waals surface area contributed by atoms with Gasteiger partial charge >= 0.3 is 0 Å². The molecule has 18 heavy (non-hydrogen) atoms. The Morgan fingerprint density at radius 3 is 2.61 bits per heavy atom. The molecule has 0 bridgehead atoms. The van der Waals surface area contributed by atoms with Crippen LogP contribution in [0.2, 0.25) is 0 Å². The first kappa shape index (κ1) is 14.2. The van der Waals surface area contributed by atoms with Gasteiger partial charge in [0.05, 0.1) is 0 Å². The average molecular weight is 357 g/mol. The third-order valence-electron chi connectivity index (χ3n) is 4.00. The topological polar surface area (TPSA) is 12.0 Å². The maximum absolute atomic E-state index is 3.71. The maximum atomic E-state index is 3.71. The smallest absolute Gasteiger partial charge is 0.0343 e. The molecule has 2 rings (SSSR count). The summed E-state index contributed by atoms with van der Waals surface area (Å²) in [7, 11) is 0. The van der Waals surface area contributed by atoms with E-state index in [1.807, 2.05) is 0 Å². The Bertz CT molecular complexity index is 347. The fourth-order valence-electron chi connectivity index (χ4n) is 3.00. The molecular formula is C16H24IN. The van der Waals surface area contributed by atoms with Crippen molar-refractivity contribution in [3.8, 4) is 0 Å². The van der Waals surface area contributed by atoms with Gasteiger partial charge < -0.3 is 5.32 Å². The maximum Gasteiger partial charge on any atom is 0.0343 e. The molecule has 2 atom stereocenters. The molecule has 0 aliphatic heterocycles. The lowest BCUT2D eigenvalue weighted by Crippen LogP contribution is -2.18. The van der Waals surface area contributed by atoms with Crippen LogP contribution in [0.15, 0.2) is 24.3 Å². The van der Waals surface area contributed by atoms with Crippen LogP contribution in [0.1, 0.15) is 51.9 Å². The van der Waals surface area contributed by atoms with E-state index in [1.54, 1.807) is 0 Å². The molecule has 0 heterocycles. The zero-order valence-electron chi connectivity index (χ0n) is 11.3. The van der Waals surface area contributed by atoms with Crippen LogP contribution >= 0.6 is 22.6 Å². The van der Waals surface area contributed by atoms with Gasteiger partial charge in [0.25, 0.3) is 0 Å². The molecule has 1 aliphatic carbocycles. The van der Waals surface area contributed by atoms with Crippen LogP contribution in [0.4, 0.5) is 5.69 Å². The molecule has 100 valence electrons. The molecule has 0 spiro atoms. The Kier molecular flexibility index (Phi) is 5.80. The quantitative estimate of drug-likeness (QED) is 0.558. The summed E-state index contributed by atoms with van der Waals surface area (Å²) in [4.78, 5) is 0. The Labute approximate surface area is 125 Å². The van der Waals surface area contributed by atoms with E-state index in [9.17, 15) is 0 Å². The van der Waals surface area contributed by atoms with E-state index >= 15 is 0 Å². The second kappa shape index (κ2) is 7.37. The van der Waals surface area contributed by atoms with Gasteiger partial charge in [-0.3, -0.25) is 0 Å². The van der Waals surface area contributed by atoms with Crippen molar-refractivity contribution in [1.82, 2.24) is 0 Å². The minimum atomic E-state index is 0.687. The van der Waals surface area contributed by atoms with Gasteiger partial charge in [-0.25, -0.2) is 0 Å². The van der Waals surface area contributed by atoms with Crippen molar-refractivity contribution in [3.63, 3.8) is 0 Å². The summed E-state index contributed by atoms with van der Waals surface area (Å²) in [5.41, 5.74) is 1.29. The Morgan fingerprint density at radius 1 is 1.11 bits per heavy atom. The minimum absolute atomic E-state index is 0.687. The predicted octanol–water partition coefficient (Wildman–Crippen LogP) is 5.45. The van der Waals surface area contributed by atoms with Crippen molar-refractivity contribution < 1.29 is 0 Å². The zero-order chi connectivity index (χ0) is 12.8. The molecule has 0 aromatic heterocycles. The highest BCUT2D eigenvalue weighted by molar-refractivity contribution is 14.1. The van der Waals surface area contributed by atoms with E-state index in [1.165, 1.54) is 54.2 Å². The fraction of sp³-hybridized carbons (Fsp3) is 0.625. The molecule has 0 saturated heterocycles. The Morgan fingerprint density at radius 2 is 1.89 bits per heavy atom. The van der Waals surface area contributed by atoms with E-state index in [-0.39, 0.29) is 0 Å². The summed E-state index contributed by atoms with van der Waals surface area (Å²) in [6.07, 6.45) is 9.71. The highest BCUT2D eigenvalue weighted by Crippen LogP contribution is 2.28. The largest absolute Gasteiger partial charge is 0.382 e. The van der Waals surface area contributed by atoms with Gasteiger partial charge in [0.1, 0.15) is 0 Å². The lowest BCUT2D eigenvalue weighted by Gasteiger charge is -2.18. The van der Waals surface area contributed by atoms with Crippen molar-refractivity contribution in [2.75, 3.05) is 5.32 Å². The number of hydrogen-bond acceptors (Lipinski definition) is 1. The molecule has 1 aromatic rings. The summed E-state index contributed by atoms with van der Waals surface area (Å²) >= 11 is 2.36. The summed E-state index contributed by atoms with van der Waals surface area (Å²) in [5, 5.41) is 3.71. The van der Waals surface area contributed by atoms with Gasteiger partial charge in [-0.2, -0.15) is 0 Å². The van der Waals surface area contributed by atoms with Crippen LogP contribution in [0.3, 0.4) is 0 Å². The first-order valence-electron chi connectivity index (χ1n) is 7.30. The highest BCUT2D eigenvalue weighted by atomic mass is 127. The van der Waals surface area contributed by atoms with E-state index < -0.39 is 0 Å². The number of anilines is 1. The fourth-order valence-corrected chi connectivity index (χ4v) is 3.36. The molecule has 1 aliphatic rings. The molecular weight excluding hydrogens is 333 g/mol. The van der Waals surface area contributed by atoms with Crippen molar-refractivity contribution >= 4 is 28.3 Å². The number of benzene rings is 1. The van der Waals surface area contributed by atoms with E-state index in [4.69, 9.17) is 0 Å². The van der Waals surface area contributed by atoms with Crippen molar-refractivity contribution in [2.24, 2.45) is 5.92 Å². The van der Waals surface area contributed by atoms with Crippen LogP contribution in [-0.2, 0) is 0 Å². The van der Waals surface area contributed by atoms with Gasteiger partial charge in [0.15, 0.2) is 0 Å². The average Bonchev–Trinajstić information content (AvgIpc) is 2.59. The van der Waals surface area contributed by atoms with E-state index in [2.05, 4.69) is 59.1 Å². The third kappa shape index (κ3) is 4.45. The minimum Gasteiger partial charge on any atom is -0.382 e. The SMILES string of the molecule is CCCC1CCCC(Nc2ccc(I)cc2)CC1. The molecule has 1 fully saturated rings. The number of hydrogen-bond donors (Lipinski definition) is 1. The molecule has 0 radical (unpaired) electrons. The van der Waals surface area contributed by atoms with E-state index in [0.717, 1.165) is 5.92 Å². The third-order valence-corrected chi connectivity index (χ3v) is 4.72. The first-order valence-corrected chi connectivity index (χ1v) is 8.38. The summed E-state index contributed by atoms with van der Waals surface area (Å²) in [5.74, 6) is 0.985. The molecule has 1 saturated carbocycles. The van der Waals surface area contributed by atoms with Crippen LogP contribution in [-0.4, -0.2) is 6.04 Å². The van der Waals surface area contributed by atoms with Crippen LogP contribution in [0.5, 0.6) is 0 Å². The normalized spacial score (nSPS) is 24.6. The van der Waals surface area contributed by atoms with Gasteiger partial charge in [-0.15, -0.1) is 0 Å². The lowest BCUT2D eigenvalue weighted by atomic mass is 9.95. The number of halogens is 1. The lowest BCUT2D eigenvalue weighted by molar-refractivity contribution is 0.422. The van der Waals surface area contributed by atoms with Crippen LogP contribution in [0, 0.1) is 9.49 Å². The van der Waals surface area contributed by atoms with Gasteiger partial charge in [-0.05, 0) is 72.0 Å². The number of nitrogens with one attached hydrogen (secondary N) is 1. The highest BCUT2D eigenvalue weighted by Gasteiger charge is 2.18. The van der Waals surface area contributed by atoms with Crippen molar-refractivity contribution in [3.05, 3.63) is 27.8 Å².